The molecule has 34 heavy (non-hydrogen) atoms. The van der Waals surface area contributed by atoms with E-state index < -0.39 is 5.97 Å². The average molecular weight is 547 g/mol. The average Bonchev–Trinajstić information content (AvgIpc) is 3.23. The molecule has 2 aliphatic heterocycles. The molecule has 0 unspecified atom stereocenters. The van der Waals surface area contributed by atoms with Crippen molar-refractivity contribution >= 4 is 55.5 Å². The number of aromatic nitrogens is 1. The van der Waals surface area contributed by atoms with Crippen LogP contribution in [0.3, 0.4) is 0 Å². The van der Waals surface area contributed by atoms with Crippen molar-refractivity contribution in [2.45, 2.75) is 6.92 Å². The predicted octanol–water partition coefficient (Wildman–Crippen LogP) is 4.33. The van der Waals surface area contributed by atoms with E-state index in [1.807, 2.05) is 42.2 Å². The molecular weight excluding hydrogens is 520 g/mol. The number of morpholine rings is 2. The highest BCUT2D eigenvalue weighted by Crippen LogP contribution is 2.43. The predicted molar refractivity (Wildman–Crippen MR) is 139 cm³/mol. The van der Waals surface area contributed by atoms with E-state index in [0.717, 1.165) is 66.1 Å². The second-order valence-corrected chi connectivity index (χ2v) is 9.75. The summed E-state index contributed by atoms with van der Waals surface area (Å²) >= 11 is 4.63. The van der Waals surface area contributed by atoms with Gasteiger partial charge in [0.2, 0.25) is 0 Å². The lowest BCUT2D eigenvalue weighted by atomic mass is 10.0. The first-order valence-electron chi connectivity index (χ1n) is 11.1. The van der Waals surface area contributed by atoms with Gasteiger partial charge in [-0.1, -0.05) is 28.1 Å². The number of aryl methyl sites for hydroxylation is 1. The Morgan fingerprint density at radius 1 is 1.18 bits per heavy atom. The number of aliphatic imine (C=N–C) groups is 1. The van der Waals surface area contributed by atoms with Gasteiger partial charge >= 0.3 is 5.97 Å². The van der Waals surface area contributed by atoms with Gasteiger partial charge in [-0.3, -0.25) is 0 Å². The van der Waals surface area contributed by atoms with Gasteiger partial charge in [0.05, 0.1) is 32.8 Å². The molecule has 2 aromatic heterocycles. The van der Waals surface area contributed by atoms with Crippen LogP contribution in [0.2, 0.25) is 0 Å². The summed E-state index contributed by atoms with van der Waals surface area (Å²) in [7, 11) is 0. The van der Waals surface area contributed by atoms with Crippen molar-refractivity contribution in [2.24, 2.45) is 4.99 Å². The summed E-state index contributed by atoms with van der Waals surface area (Å²) in [5.74, 6) is -0.989. The van der Waals surface area contributed by atoms with Crippen LogP contribution in [0.15, 0.2) is 39.8 Å². The number of aromatic carboxylic acids is 1. The molecule has 8 nitrogen and oxygen atoms in total. The molecule has 0 atom stereocenters. The highest BCUT2D eigenvalue weighted by Gasteiger charge is 2.22. The zero-order valence-electron chi connectivity index (χ0n) is 18.9. The molecule has 4 heterocycles. The highest BCUT2D eigenvalue weighted by molar-refractivity contribution is 9.10. The molecule has 0 aliphatic carbocycles. The Labute approximate surface area is 210 Å². The van der Waals surface area contributed by atoms with Crippen LogP contribution < -0.4 is 5.32 Å². The van der Waals surface area contributed by atoms with Crippen molar-refractivity contribution in [2.75, 3.05) is 52.6 Å². The van der Waals surface area contributed by atoms with Crippen molar-refractivity contribution in [1.29, 1.82) is 0 Å². The zero-order valence-corrected chi connectivity index (χ0v) is 21.3. The minimum absolute atomic E-state index is 0.205. The summed E-state index contributed by atoms with van der Waals surface area (Å²) in [6, 6.07) is 9.94. The number of carboxylic acids is 1. The third-order valence-corrected chi connectivity index (χ3v) is 6.95. The van der Waals surface area contributed by atoms with Gasteiger partial charge < -0.3 is 24.8 Å². The lowest BCUT2D eigenvalue weighted by Crippen LogP contribution is -2.35. The lowest BCUT2D eigenvalue weighted by Gasteiger charge is -2.24. The van der Waals surface area contributed by atoms with Crippen LogP contribution in [0, 0.1) is 6.92 Å². The molecule has 10 heteroatoms. The normalized spacial score (nSPS) is 16.5. The van der Waals surface area contributed by atoms with E-state index in [1.54, 1.807) is 6.34 Å². The Bertz CT molecular complexity index is 1140. The van der Waals surface area contributed by atoms with Crippen LogP contribution in [0.25, 0.3) is 21.3 Å². The first kappa shape index (κ1) is 24.7. The largest absolute Gasteiger partial charge is 0.477 e. The van der Waals surface area contributed by atoms with Gasteiger partial charge in [-0.25, -0.2) is 14.8 Å². The fourth-order valence-electron chi connectivity index (χ4n) is 3.68. The van der Waals surface area contributed by atoms with Gasteiger partial charge in [0.25, 0.3) is 0 Å². The molecule has 2 N–H and O–H groups in total. The number of rotatable bonds is 4. The second kappa shape index (κ2) is 11.9. The number of ether oxygens (including phenoxy) is 2. The molecule has 0 radical (unpaired) electrons. The van der Waals surface area contributed by atoms with Gasteiger partial charge in [0.1, 0.15) is 15.4 Å². The van der Waals surface area contributed by atoms with E-state index in [9.17, 15) is 9.90 Å². The van der Waals surface area contributed by atoms with Gasteiger partial charge in [-0.05, 0) is 36.2 Å². The molecule has 3 aromatic rings. The van der Waals surface area contributed by atoms with E-state index in [0.29, 0.717) is 23.7 Å². The first-order valence-corrected chi connectivity index (χ1v) is 12.7. The number of carboxylic acid groups (broad SMARTS) is 1. The number of carbonyl (C=O) groups is 1. The Morgan fingerprint density at radius 2 is 1.85 bits per heavy atom. The summed E-state index contributed by atoms with van der Waals surface area (Å²) in [6.07, 6.45) is 1.72. The quantitative estimate of drug-likeness (QED) is 0.371. The number of hydrogen-bond donors (Lipinski definition) is 2. The Kier molecular flexibility index (Phi) is 8.63. The number of pyridine rings is 1. The second-order valence-electron chi connectivity index (χ2n) is 7.84. The fraction of sp³-hybridized carbons (Fsp3) is 0.375. The van der Waals surface area contributed by atoms with Crippen LogP contribution in [0.1, 0.15) is 15.4 Å². The lowest BCUT2D eigenvalue weighted by molar-refractivity contribution is 0.0696. The highest BCUT2D eigenvalue weighted by atomic mass is 79.9. The maximum atomic E-state index is 11.9. The molecule has 0 bridgehead atoms. The van der Waals surface area contributed by atoms with Gasteiger partial charge in [0, 0.05) is 41.7 Å². The molecule has 0 spiro atoms. The maximum Gasteiger partial charge on any atom is 0.348 e. The summed E-state index contributed by atoms with van der Waals surface area (Å²) < 4.78 is 11.4. The van der Waals surface area contributed by atoms with Crippen molar-refractivity contribution in [3.05, 3.63) is 45.4 Å². The Balaban J connectivity index is 0.000000398. The van der Waals surface area contributed by atoms with Crippen LogP contribution in [0.5, 0.6) is 0 Å². The molecule has 2 fully saturated rings. The Hall–Kier alpha value is -2.37. The number of halogens is 1. The van der Waals surface area contributed by atoms with E-state index >= 15 is 0 Å². The molecular formula is C24H27BrN4O4S. The molecule has 0 amide bonds. The number of thiophene rings is 1. The van der Waals surface area contributed by atoms with Gasteiger partial charge in [0.15, 0.2) is 0 Å². The van der Waals surface area contributed by atoms with E-state index in [1.165, 1.54) is 11.3 Å². The monoisotopic (exact) mass is 546 g/mol. The standard InChI is InChI=1S/C20H18BrN3O3S.C4H9NO/c1-12-10-15(13-2-4-14(21)5-3-13)16-17(18(20(25)26)28-19(16)23-12)22-11-24-6-8-27-9-7-24;1-3-6-4-2-5-1/h2-5,10-11H,6-9H2,1H3,(H,25,26);5H,1-4H2. The summed E-state index contributed by atoms with van der Waals surface area (Å²) in [6.45, 7) is 8.52. The third kappa shape index (κ3) is 6.19. The number of fused-ring (bicyclic) bond motifs is 1. The van der Waals surface area contributed by atoms with Crippen LogP contribution in [-0.4, -0.2) is 79.9 Å². The molecule has 2 saturated heterocycles. The van der Waals surface area contributed by atoms with E-state index in [2.05, 4.69) is 31.2 Å². The third-order valence-electron chi connectivity index (χ3n) is 5.36. The summed E-state index contributed by atoms with van der Waals surface area (Å²) in [5.41, 5.74) is 3.24. The van der Waals surface area contributed by atoms with Crippen LogP contribution in [0.4, 0.5) is 5.69 Å². The number of hydrogen-bond acceptors (Lipinski definition) is 7. The van der Waals surface area contributed by atoms with Crippen molar-refractivity contribution in [3.63, 3.8) is 0 Å². The van der Waals surface area contributed by atoms with E-state index in [-0.39, 0.29) is 4.88 Å². The van der Waals surface area contributed by atoms with Gasteiger partial charge in [-0.2, -0.15) is 0 Å². The summed E-state index contributed by atoms with van der Waals surface area (Å²) in [4.78, 5) is 24.0. The smallest absolute Gasteiger partial charge is 0.348 e. The SMILES string of the molecule is C1COCCN1.Cc1cc(-c2ccc(Br)cc2)c2c(N=CN3CCOCC3)c(C(=O)O)sc2n1. The van der Waals surface area contributed by atoms with Crippen molar-refractivity contribution < 1.29 is 19.4 Å². The van der Waals surface area contributed by atoms with Crippen molar-refractivity contribution in [1.82, 2.24) is 15.2 Å². The minimum Gasteiger partial charge on any atom is -0.477 e. The topological polar surface area (TPSA) is 96.3 Å². The molecule has 180 valence electrons. The number of nitrogens with zero attached hydrogens (tertiary/aromatic N) is 3. The van der Waals surface area contributed by atoms with Crippen LogP contribution in [-0.2, 0) is 9.47 Å². The molecule has 2 aliphatic rings. The number of benzene rings is 1. The van der Waals surface area contributed by atoms with Crippen molar-refractivity contribution in [3.8, 4) is 11.1 Å². The molecule has 5 rings (SSSR count). The zero-order chi connectivity index (χ0) is 23.9. The fourth-order valence-corrected chi connectivity index (χ4v) is 4.97. The first-order chi connectivity index (χ1) is 16.5. The van der Waals surface area contributed by atoms with E-state index in [4.69, 9.17) is 9.47 Å². The molecule has 1 aromatic carbocycles. The number of nitrogens with one attached hydrogen (secondary N) is 1. The maximum absolute atomic E-state index is 11.9. The Morgan fingerprint density at radius 3 is 2.44 bits per heavy atom. The van der Waals surface area contributed by atoms with Gasteiger partial charge in [-0.15, -0.1) is 11.3 Å². The van der Waals surface area contributed by atoms with Crippen LogP contribution >= 0.6 is 27.3 Å². The summed E-state index contributed by atoms with van der Waals surface area (Å²) in [5, 5.41) is 13.7. The molecule has 0 saturated carbocycles. The minimum atomic E-state index is -0.989.